The van der Waals surface area contributed by atoms with Crippen LogP contribution in [0.2, 0.25) is 0 Å². The van der Waals surface area contributed by atoms with E-state index in [0.717, 1.165) is 11.1 Å². The van der Waals surface area contributed by atoms with Crippen molar-refractivity contribution < 1.29 is 9.90 Å². The Bertz CT molecular complexity index is 541. The number of carbonyl (C=O) groups is 1. The van der Waals surface area contributed by atoms with E-state index in [0.29, 0.717) is 0 Å². The lowest BCUT2D eigenvalue weighted by atomic mass is 9.94. The minimum atomic E-state index is -0.772. The van der Waals surface area contributed by atoms with Gasteiger partial charge in [-0.15, -0.1) is 0 Å². The number of benzene rings is 2. The van der Waals surface area contributed by atoms with Crippen molar-refractivity contribution in [3.8, 4) is 0 Å². The predicted octanol–water partition coefficient (Wildman–Crippen LogP) is 3.86. The fourth-order valence-corrected chi connectivity index (χ4v) is 2.57. The Balaban J connectivity index is 2.30. The third kappa shape index (κ3) is 4.43. The Labute approximate surface area is 132 Å². The van der Waals surface area contributed by atoms with Gasteiger partial charge < -0.3 is 10.4 Å². The van der Waals surface area contributed by atoms with Crippen molar-refractivity contribution >= 4 is 5.97 Å². The third-order valence-corrected chi connectivity index (χ3v) is 3.85. The fraction of sp³-hybridized carbons (Fsp3) is 0.316. The first-order chi connectivity index (χ1) is 10.6. The van der Waals surface area contributed by atoms with Crippen molar-refractivity contribution in [3.05, 3.63) is 71.8 Å². The molecule has 0 saturated heterocycles. The molecule has 0 aliphatic rings. The standard InChI is InChI=1S/C19H23NO2/c1-14(2)17(13-18(21)22)20-19(15-9-5-3-6-10-15)16-11-7-4-8-12-16/h3-12,14,17,19-20H,13H2,1-2H3,(H,21,22)/t17-/m0/s1. The predicted molar refractivity (Wildman–Crippen MR) is 88.7 cm³/mol. The van der Waals surface area contributed by atoms with E-state index in [1.165, 1.54) is 0 Å². The molecule has 1 atom stereocenters. The van der Waals surface area contributed by atoms with Gasteiger partial charge in [-0.05, 0) is 17.0 Å². The molecule has 0 aliphatic carbocycles. The van der Waals surface area contributed by atoms with E-state index in [1.807, 2.05) is 50.2 Å². The van der Waals surface area contributed by atoms with Crippen LogP contribution in [-0.2, 0) is 4.79 Å². The van der Waals surface area contributed by atoms with Gasteiger partial charge in [-0.1, -0.05) is 74.5 Å². The SMILES string of the molecule is CC(C)[C@H](CC(=O)O)NC(c1ccccc1)c1ccccc1. The van der Waals surface area contributed by atoms with Crippen molar-refractivity contribution in [2.45, 2.75) is 32.4 Å². The highest BCUT2D eigenvalue weighted by Crippen LogP contribution is 2.24. The summed E-state index contributed by atoms with van der Waals surface area (Å²) in [6, 6.07) is 20.2. The lowest BCUT2D eigenvalue weighted by molar-refractivity contribution is -0.137. The molecule has 116 valence electrons. The maximum atomic E-state index is 11.1. The third-order valence-electron chi connectivity index (χ3n) is 3.85. The molecule has 2 aromatic rings. The van der Waals surface area contributed by atoms with Gasteiger partial charge in [0.25, 0.3) is 0 Å². The summed E-state index contributed by atoms with van der Waals surface area (Å²) in [5.74, 6) is -0.530. The van der Waals surface area contributed by atoms with Gasteiger partial charge in [0, 0.05) is 6.04 Å². The molecule has 2 N–H and O–H groups in total. The van der Waals surface area contributed by atoms with Crippen LogP contribution in [-0.4, -0.2) is 17.1 Å². The second-order valence-electron chi connectivity index (χ2n) is 5.87. The zero-order valence-electron chi connectivity index (χ0n) is 13.1. The van der Waals surface area contributed by atoms with E-state index in [-0.39, 0.29) is 24.4 Å². The van der Waals surface area contributed by atoms with E-state index >= 15 is 0 Å². The van der Waals surface area contributed by atoms with Gasteiger partial charge >= 0.3 is 5.97 Å². The van der Waals surface area contributed by atoms with Crippen molar-refractivity contribution in [2.24, 2.45) is 5.92 Å². The summed E-state index contributed by atoms with van der Waals surface area (Å²) in [5, 5.41) is 12.7. The Hall–Kier alpha value is -2.13. The van der Waals surface area contributed by atoms with Gasteiger partial charge in [-0.3, -0.25) is 4.79 Å². The average Bonchev–Trinajstić information content (AvgIpc) is 2.52. The van der Waals surface area contributed by atoms with Gasteiger partial charge in [0.15, 0.2) is 0 Å². The monoisotopic (exact) mass is 297 g/mol. The molecule has 2 aromatic carbocycles. The second-order valence-corrected chi connectivity index (χ2v) is 5.87. The Kier molecular flexibility index (Phi) is 5.73. The normalized spacial score (nSPS) is 12.5. The van der Waals surface area contributed by atoms with Crippen molar-refractivity contribution in [1.82, 2.24) is 5.32 Å². The van der Waals surface area contributed by atoms with Crippen LogP contribution in [0.25, 0.3) is 0 Å². The van der Waals surface area contributed by atoms with Gasteiger partial charge in [-0.25, -0.2) is 0 Å². The number of rotatable bonds is 7. The number of hydrogen-bond acceptors (Lipinski definition) is 2. The largest absolute Gasteiger partial charge is 0.481 e. The van der Waals surface area contributed by atoms with E-state index < -0.39 is 5.97 Å². The summed E-state index contributed by atoms with van der Waals surface area (Å²) in [5.41, 5.74) is 2.29. The highest BCUT2D eigenvalue weighted by atomic mass is 16.4. The van der Waals surface area contributed by atoms with Gasteiger partial charge in [-0.2, -0.15) is 0 Å². The molecule has 0 amide bonds. The molecule has 2 rings (SSSR count). The zero-order valence-corrected chi connectivity index (χ0v) is 13.1. The number of aliphatic carboxylic acids is 1. The van der Waals surface area contributed by atoms with Gasteiger partial charge in [0.1, 0.15) is 0 Å². The molecule has 0 spiro atoms. The maximum Gasteiger partial charge on any atom is 0.304 e. The number of carboxylic acids is 1. The van der Waals surface area contributed by atoms with Crippen LogP contribution in [0.4, 0.5) is 0 Å². The summed E-state index contributed by atoms with van der Waals surface area (Å²) in [4.78, 5) is 11.1. The molecule has 0 heterocycles. The highest BCUT2D eigenvalue weighted by molar-refractivity contribution is 5.67. The van der Waals surface area contributed by atoms with E-state index in [1.54, 1.807) is 0 Å². The average molecular weight is 297 g/mol. The smallest absolute Gasteiger partial charge is 0.304 e. The zero-order chi connectivity index (χ0) is 15.9. The number of carboxylic acid groups (broad SMARTS) is 1. The molecule has 0 fully saturated rings. The molecule has 0 saturated carbocycles. The van der Waals surface area contributed by atoms with Gasteiger partial charge in [0.2, 0.25) is 0 Å². The van der Waals surface area contributed by atoms with Crippen molar-refractivity contribution in [3.63, 3.8) is 0 Å². The molecule has 0 aromatic heterocycles. The van der Waals surface area contributed by atoms with E-state index in [9.17, 15) is 4.79 Å². The number of nitrogens with one attached hydrogen (secondary N) is 1. The van der Waals surface area contributed by atoms with E-state index in [4.69, 9.17) is 5.11 Å². The molecule has 0 unspecified atom stereocenters. The maximum absolute atomic E-state index is 11.1. The summed E-state index contributed by atoms with van der Waals surface area (Å²) in [6.07, 6.45) is 0.119. The van der Waals surface area contributed by atoms with Crippen LogP contribution in [0.1, 0.15) is 37.4 Å². The fourth-order valence-electron chi connectivity index (χ4n) is 2.57. The Morgan fingerprint density at radius 2 is 1.41 bits per heavy atom. The van der Waals surface area contributed by atoms with Crippen molar-refractivity contribution in [1.29, 1.82) is 0 Å². The van der Waals surface area contributed by atoms with Crippen LogP contribution in [0.3, 0.4) is 0 Å². The molecular weight excluding hydrogens is 274 g/mol. The van der Waals surface area contributed by atoms with Crippen LogP contribution in [0.5, 0.6) is 0 Å². The van der Waals surface area contributed by atoms with Crippen LogP contribution < -0.4 is 5.32 Å². The molecule has 22 heavy (non-hydrogen) atoms. The van der Waals surface area contributed by atoms with Gasteiger partial charge in [0.05, 0.1) is 12.5 Å². The molecule has 3 heteroatoms. The minimum absolute atomic E-state index is 0.00542. The topological polar surface area (TPSA) is 49.3 Å². The summed E-state index contributed by atoms with van der Waals surface area (Å²) < 4.78 is 0. The Morgan fingerprint density at radius 1 is 0.955 bits per heavy atom. The number of hydrogen-bond donors (Lipinski definition) is 2. The minimum Gasteiger partial charge on any atom is -0.481 e. The van der Waals surface area contributed by atoms with Crippen molar-refractivity contribution in [2.75, 3.05) is 0 Å². The molecule has 0 bridgehead atoms. The Morgan fingerprint density at radius 3 is 1.77 bits per heavy atom. The van der Waals surface area contributed by atoms with Crippen LogP contribution >= 0.6 is 0 Å². The first-order valence-corrected chi connectivity index (χ1v) is 7.65. The summed E-state index contributed by atoms with van der Waals surface area (Å²) in [6.45, 7) is 4.10. The lowest BCUT2D eigenvalue weighted by Crippen LogP contribution is -2.39. The summed E-state index contributed by atoms with van der Waals surface area (Å²) >= 11 is 0. The van der Waals surface area contributed by atoms with Crippen LogP contribution in [0.15, 0.2) is 60.7 Å². The molecule has 0 radical (unpaired) electrons. The molecule has 3 nitrogen and oxygen atoms in total. The first kappa shape index (κ1) is 16.2. The van der Waals surface area contributed by atoms with E-state index in [2.05, 4.69) is 29.6 Å². The first-order valence-electron chi connectivity index (χ1n) is 7.65. The second kappa shape index (κ2) is 7.76. The molecule has 0 aliphatic heterocycles. The lowest BCUT2D eigenvalue weighted by Gasteiger charge is -2.28. The van der Waals surface area contributed by atoms with Crippen LogP contribution in [0, 0.1) is 5.92 Å². The summed E-state index contributed by atoms with van der Waals surface area (Å²) in [7, 11) is 0. The quantitative estimate of drug-likeness (QED) is 0.815. The highest BCUT2D eigenvalue weighted by Gasteiger charge is 2.22. The molecular formula is C19H23NO2.